The van der Waals surface area contributed by atoms with Crippen LogP contribution in [0.25, 0.3) is 0 Å². The van der Waals surface area contributed by atoms with E-state index in [4.69, 9.17) is 11.6 Å². The van der Waals surface area contributed by atoms with Gasteiger partial charge in [-0.15, -0.1) is 0 Å². The summed E-state index contributed by atoms with van der Waals surface area (Å²) in [5.41, 5.74) is 1.73. The summed E-state index contributed by atoms with van der Waals surface area (Å²) in [6.07, 6.45) is 4.57. The number of piperazine rings is 1. The Bertz CT molecular complexity index is 922. The van der Waals surface area contributed by atoms with Crippen molar-refractivity contribution in [2.75, 3.05) is 26.2 Å². The maximum absolute atomic E-state index is 13.4. The van der Waals surface area contributed by atoms with Crippen LogP contribution in [0.1, 0.15) is 54.6 Å². The molecule has 2 aromatic carbocycles. The summed E-state index contributed by atoms with van der Waals surface area (Å²) in [5, 5.41) is 3.83. The molecule has 0 aromatic heterocycles. The van der Waals surface area contributed by atoms with E-state index in [-0.39, 0.29) is 23.9 Å². The summed E-state index contributed by atoms with van der Waals surface area (Å²) < 4.78 is 0. The van der Waals surface area contributed by atoms with E-state index in [1.807, 2.05) is 30.0 Å². The first-order chi connectivity index (χ1) is 15.5. The normalized spacial score (nSPS) is 19.5. The summed E-state index contributed by atoms with van der Waals surface area (Å²) in [6, 6.07) is 17.0. The van der Waals surface area contributed by atoms with Crippen molar-refractivity contribution in [3.63, 3.8) is 0 Å². The molecule has 170 valence electrons. The minimum absolute atomic E-state index is 0.00622. The van der Waals surface area contributed by atoms with Crippen molar-refractivity contribution < 1.29 is 9.59 Å². The van der Waals surface area contributed by atoms with E-state index < -0.39 is 0 Å². The number of rotatable bonds is 6. The minimum atomic E-state index is -0.132. The number of hydrogen-bond donors (Lipinski definition) is 1. The van der Waals surface area contributed by atoms with E-state index in [1.165, 1.54) is 12.8 Å². The Balaban J connectivity index is 1.41. The highest BCUT2D eigenvalue weighted by Crippen LogP contribution is 2.31. The molecule has 1 aliphatic carbocycles. The predicted octanol–water partition coefficient (Wildman–Crippen LogP) is 4.53. The molecule has 1 N–H and O–H groups in total. The molecule has 0 radical (unpaired) electrons. The largest absolute Gasteiger partial charge is 0.348 e. The van der Waals surface area contributed by atoms with Crippen LogP contribution < -0.4 is 5.32 Å². The van der Waals surface area contributed by atoms with Gasteiger partial charge in [0.2, 0.25) is 5.91 Å². The van der Waals surface area contributed by atoms with Gasteiger partial charge in [0, 0.05) is 36.8 Å². The average Bonchev–Trinajstić information content (AvgIpc) is 3.34. The quantitative estimate of drug-likeness (QED) is 0.698. The molecule has 5 nitrogen and oxygen atoms in total. The molecular weight excluding hydrogens is 422 g/mol. The third-order valence-electron chi connectivity index (χ3n) is 6.84. The van der Waals surface area contributed by atoms with E-state index in [0.717, 1.165) is 18.4 Å². The van der Waals surface area contributed by atoms with Gasteiger partial charge in [-0.2, -0.15) is 0 Å². The molecule has 2 amide bonds. The average molecular weight is 454 g/mol. The lowest BCUT2D eigenvalue weighted by molar-refractivity contribution is -0.129. The molecule has 0 spiro atoms. The molecule has 2 atom stereocenters. The van der Waals surface area contributed by atoms with Crippen LogP contribution in [0.4, 0.5) is 0 Å². The van der Waals surface area contributed by atoms with Gasteiger partial charge in [0.15, 0.2) is 0 Å². The van der Waals surface area contributed by atoms with Crippen molar-refractivity contribution in [1.29, 1.82) is 0 Å². The molecule has 1 saturated heterocycles. The lowest BCUT2D eigenvalue weighted by atomic mass is 9.94. The highest BCUT2D eigenvalue weighted by molar-refractivity contribution is 6.30. The SMILES string of the molecule is CC(NC(=O)C(C1CCCC1)N1CCN(C(=O)c2cccc(Cl)c2)CC1)c1ccccc1. The summed E-state index contributed by atoms with van der Waals surface area (Å²) in [5.74, 6) is 0.503. The van der Waals surface area contributed by atoms with Gasteiger partial charge in [-0.1, -0.05) is 60.8 Å². The van der Waals surface area contributed by atoms with Crippen molar-refractivity contribution in [3.8, 4) is 0 Å². The maximum atomic E-state index is 13.4. The monoisotopic (exact) mass is 453 g/mol. The lowest BCUT2D eigenvalue weighted by Gasteiger charge is -2.41. The highest BCUT2D eigenvalue weighted by Gasteiger charge is 2.37. The van der Waals surface area contributed by atoms with Gasteiger partial charge in [-0.05, 0) is 49.4 Å². The van der Waals surface area contributed by atoms with E-state index >= 15 is 0 Å². The fraction of sp³-hybridized carbons (Fsp3) is 0.462. The molecule has 1 heterocycles. The standard InChI is InChI=1S/C26H32ClN3O2/c1-19(20-8-3-2-4-9-20)28-25(31)24(21-10-5-6-11-21)29-14-16-30(17-15-29)26(32)22-12-7-13-23(27)18-22/h2-4,7-9,12-13,18-19,21,24H,5-6,10-11,14-17H2,1H3,(H,28,31). The van der Waals surface area contributed by atoms with E-state index in [1.54, 1.807) is 24.3 Å². The van der Waals surface area contributed by atoms with Crippen LogP contribution in [0.3, 0.4) is 0 Å². The van der Waals surface area contributed by atoms with Crippen LogP contribution in [0, 0.1) is 5.92 Å². The second-order valence-electron chi connectivity index (χ2n) is 8.97. The van der Waals surface area contributed by atoms with Crippen molar-refractivity contribution in [1.82, 2.24) is 15.1 Å². The first-order valence-electron chi connectivity index (χ1n) is 11.7. The van der Waals surface area contributed by atoms with Crippen molar-refractivity contribution in [2.45, 2.75) is 44.7 Å². The Morgan fingerprint density at radius 2 is 1.66 bits per heavy atom. The third kappa shape index (κ3) is 5.33. The first kappa shape index (κ1) is 22.8. The van der Waals surface area contributed by atoms with E-state index in [2.05, 4.69) is 22.3 Å². The van der Waals surface area contributed by atoms with E-state index in [0.29, 0.717) is 42.7 Å². The zero-order valence-electron chi connectivity index (χ0n) is 18.7. The second-order valence-corrected chi connectivity index (χ2v) is 9.41. The van der Waals surface area contributed by atoms with Crippen LogP contribution in [0.2, 0.25) is 5.02 Å². The van der Waals surface area contributed by atoms with Crippen LogP contribution in [0.5, 0.6) is 0 Å². The van der Waals surface area contributed by atoms with Gasteiger partial charge >= 0.3 is 0 Å². The summed E-state index contributed by atoms with van der Waals surface area (Å²) in [6.45, 7) is 4.70. The molecule has 4 rings (SSSR count). The van der Waals surface area contributed by atoms with Crippen LogP contribution >= 0.6 is 11.6 Å². The maximum Gasteiger partial charge on any atom is 0.253 e. The number of halogens is 1. The number of nitrogens with zero attached hydrogens (tertiary/aromatic N) is 2. The Morgan fingerprint density at radius 1 is 0.969 bits per heavy atom. The van der Waals surface area contributed by atoms with E-state index in [9.17, 15) is 9.59 Å². The summed E-state index contributed by atoms with van der Waals surface area (Å²) in [7, 11) is 0. The number of hydrogen-bond acceptors (Lipinski definition) is 3. The lowest BCUT2D eigenvalue weighted by Crippen LogP contribution is -2.58. The molecule has 32 heavy (non-hydrogen) atoms. The molecule has 2 aliphatic rings. The topological polar surface area (TPSA) is 52.7 Å². The first-order valence-corrected chi connectivity index (χ1v) is 12.0. The van der Waals surface area contributed by atoms with Gasteiger partial charge in [-0.3, -0.25) is 14.5 Å². The molecular formula is C26H32ClN3O2. The Kier molecular flexibility index (Phi) is 7.48. The summed E-state index contributed by atoms with van der Waals surface area (Å²) >= 11 is 6.06. The Labute approximate surface area is 195 Å². The molecule has 1 aliphatic heterocycles. The second kappa shape index (κ2) is 10.5. The predicted molar refractivity (Wildman–Crippen MR) is 128 cm³/mol. The number of nitrogens with one attached hydrogen (secondary N) is 1. The zero-order chi connectivity index (χ0) is 22.5. The molecule has 1 saturated carbocycles. The number of carbonyl (C=O) groups is 2. The molecule has 2 aromatic rings. The molecule has 6 heteroatoms. The van der Waals surface area contributed by atoms with Gasteiger partial charge in [0.25, 0.3) is 5.91 Å². The van der Waals surface area contributed by atoms with Gasteiger partial charge in [0.05, 0.1) is 12.1 Å². The molecule has 0 bridgehead atoms. The fourth-order valence-electron chi connectivity index (χ4n) is 5.08. The Morgan fingerprint density at radius 3 is 2.31 bits per heavy atom. The van der Waals surface area contributed by atoms with Crippen molar-refractivity contribution in [3.05, 3.63) is 70.7 Å². The minimum Gasteiger partial charge on any atom is -0.348 e. The number of benzene rings is 2. The van der Waals surface area contributed by atoms with Gasteiger partial charge in [-0.25, -0.2) is 0 Å². The fourth-order valence-corrected chi connectivity index (χ4v) is 5.27. The van der Waals surface area contributed by atoms with Crippen LogP contribution in [-0.4, -0.2) is 53.8 Å². The molecule has 2 unspecified atom stereocenters. The summed E-state index contributed by atoms with van der Waals surface area (Å²) in [4.78, 5) is 30.5. The Hall–Kier alpha value is -2.37. The third-order valence-corrected chi connectivity index (χ3v) is 7.07. The van der Waals surface area contributed by atoms with Crippen LogP contribution in [-0.2, 0) is 4.79 Å². The molecule has 2 fully saturated rings. The van der Waals surface area contributed by atoms with Gasteiger partial charge in [0.1, 0.15) is 0 Å². The van der Waals surface area contributed by atoms with Crippen LogP contribution in [0.15, 0.2) is 54.6 Å². The zero-order valence-corrected chi connectivity index (χ0v) is 19.4. The highest BCUT2D eigenvalue weighted by atomic mass is 35.5. The number of carbonyl (C=O) groups excluding carboxylic acids is 2. The van der Waals surface area contributed by atoms with Crippen molar-refractivity contribution in [2.24, 2.45) is 5.92 Å². The smallest absolute Gasteiger partial charge is 0.253 e. The van der Waals surface area contributed by atoms with Crippen molar-refractivity contribution >= 4 is 23.4 Å². The number of amides is 2. The van der Waals surface area contributed by atoms with Gasteiger partial charge < -0.3 is 10.2 Å².